The molecule has 8 nitrogen and oxygen atoms in total. The normalized spacial score (nSPS) is 11.1. The molecular formula is C8H12Cl2O8. The van der Waals surface area contributed by atoms with Gasteiger partial charge in [0, 0.05) is 23.2 Å². The van der Waals surface area contributed by atoms with E-state index in [1.165, 1.54) is 0 Å². The second kappa shape index (κ2) is 9.31. The summed E-state index contributed by atoms with van der Waals surface area (Å²) in [6.07, 6.45) is 0. The predicted molar refractivity (Wildman–Crippen MR) is 58.3 cm³/mol. The van der Waals surface area contributed by atoms with Crippen LogP contribution < -0.4 is 0 Å². The van der Waals surface area contributed by atoms with E-state index in [-0.39, 0.29) is 26.4 Å². The fourth-order valence-corrected chi connectivity index (χ4v) is 1.06. The van der Waals surface area contributed by atoms with Gasteiger partial charge in [-0.3, -0.25) is 0 Å². The van der Waals surface area contributed by atoms with Gasteiger partial charge in [-0.05, 0) is 0 Å². The third-order valence-corrected chi connectivity index (χ3v) is 1.53. The van der Waals surface area contributed by atoms with Crippen molar-refractivity contribution in [1.82, 2.24) is 0 Å². The van der Waals surface area contributed by atoms with Crippen molar-refractivity contribution in [3.63, 3.8) is 0 Å². The van der Waals surface area contributed by atoms with Crippen LogP contribution >= 0.6 is 23.2 Å². The van der Waals surface area contributed by atoms with E-state index in [1.807, 2.05) is 0 Å². The lowest BCUT2D eigenvalue weighted by Crippen LogP contribution is -2.42. The van der Waals surface area contributed by atoms with Gasteiger partial charge >= 0.3 is 16.8 Å². The van der Waals surface area contributed by atoms with Crippen LogP contribution in [0.5, 0.6) is 0 Å². The molecule has 0 aromatic carbocycles. The number of aliphatic hydroxyl groups excluding tert-OH is 1. The maximum absolute atomic E-state index is 10.5. The van der Waals surface area contributed by atoms with E-state index < -0.39 is 23.4 Å². The van der Waals surface area contributed by atoms with E-state index in [4.69, 9.17) is 37.8 Å². The van der Waals surface area contributed by atoms with Gasteiger partial charge in [0.1, 0.15) is 0 Å². The summed E-state index contributed by atoms with van der Waals surface area (Å²) in [5.74, 6) is -2.70. The highest BCUT2D eigenvalue weighted by Gasteiger charge is 2.36. The fraction of sp³-hybridized carbons (Fsp3) is 0.750. The molecule has 106 valence electrons. The van der Waals surface area contributed by atoms with Crippen molar-refractivity contribution in [2.24, 2.45) is 0 Å². The monoisotopic (exact) mass is 306 g/mol. The molecule has 0 fully saturated rings. The maximum Gasteiger partial charge on any atom is 0.408 e. The molecule has 0 aliphatic rings. The number of halogens is 2. The number of hydrogen-bond donors (Lipinski definition) is 2. The van der Waals surface area contributed by atoms with E-state index >= 15 is 0 Å². The third-order valence-electron chi connectivity index (χ3n) is 1.37. The first kappa shape index (κ1) is 17.4. The lowest BCUT2D eigenvalue weighted by Gasteiger charge is -2.24. The summed E-state index contributed by atoms with van der Waals surface area (Å²) in [6.45, 7) is -0.618. The predicted octanol–water partition coefficient (Wildman–Crippen LogP) is 0.409. The first-order chi connectivity index (χ1) is 8.39. The quantitative estimate of drug-likeness (QED) is 0.358. The molecule has 0 rings (SSSR count). The molecule has 0 heterocycles. The van der Waals surface area contributed by atoms with Crippen molar-refractivity contribution in [3.8, 4) is 0 Å². The minimum absolute atomic E-state index is 0.0119. The zero-order valence-corrected chi connectivity index (χ0v) is 10.6. The van der Waals surface area contributed by atoms with E-state index in [0.717, 1.165) is 0 Å². The molecule has 0 bridgehead atoms. The van der Waals surface area contributed by atoms with Crippen LogP contribution in [0.15, 0.2) is 0 Å². The van der Waals surface area contributed by atoms with Crippen LogP contribution in [-0.2, 0) is 18.9 Å². The number of carbonyl (C=O) groups excluding carboxylic acids is 2. The molecule has 0 amide bonds. The van der Waals surface area contributed by atoms with Gasteiger partial charge in [-0.1, -0.05) is 0 Å². The Balaban J connectivity index is 4.01. The summed E-state index contributed by atoms with van der Waals surface area (Å²) >= 11 is 9.73. The highest BCUT2D eigenvalue weighted by Crippen LogP contribution is 2.14. The van der Waals surface area contributed by atoms with Crippen LogP contribution in [0, 0.1) is 0 Å². The molecule has 18 heavy (non-hydrogen) atoms. The molecule has 0 aromatic rings. The lowest BCUT2D eigenvalue weighted by atomic mass is 10.6. The van der Waals surface area contributed by atoms with Gasteiger partial charge in [-0.2, -0.15) is 0 Å². The Labute approximate surface area is 112 Å². The van der Waals surface area contributed by atoms with Gasteiger partial charge in [0.05, 0.1) is 26.4 Å². The first-order valence-corrected chi connectivity index (χ1v) is 5.41. The highest BCUT2D eigenvalue weighted by atomic mass is 35.5. The second-order valence-corrected chi connectivity index (χ2v) is 3.40. The number of ether oxygens (including phenoxy) is 4. The topological polar surface area (TPSA) is 112 Å². The van der Waals surface area contributed by atoms with Gasteiger partial charge in [0.15, 0.2) is 6.61 Å². The summed E-state index contributed by atoms with van der Waals surface area (Å²) < 4.78 is 17.9. The molecule has 0 radical (unpaired) electrons. The minimum Gasteiger partial charge on any atom is -0.394 e. The first-order valence-electron chi connectivity index (χ1n) is 4.65. The summed E-state index contributed by atoms with van der Waals surface area (Å²) in [6, 6.07) is 0. The lowest BCUT2D eigenvalue weighted by molar-refractivity contribution is -0.317. The summed E-state index contributed by atoms with van der Waals surface area (Å²) in [5, 5.41) is 17.9. The average Bonchev–Trinajstić information content (AvgIpc) is 2.20. The molecule has 10 heteroatoms. The van der Waals surface area contributed by atoms with Gasteiger partial charge < -0.3 is 29.2 Å². The van der Waals surface area contributed by atoms with Crippen LogP contribution in [-0.4, -0.2) is 60.1 Å². The fourth-order valence-electron chi connectivity index (χ4n) is 0.816. The Morgan fingerprint density at radius 2 is 1.50 bits per heavy atom. The van der Waals surface area contributed by atoms with Crippen LogP contribution in [0.3, 0.4) is 0 Å². The van der Waals surface area contributed by atoms with Gasteiger partial charge in [0.2, 0.25) is 0 Å². The summed E-state index contributed by atoms with van der Waals surface area (Å²) in [4.78, 5) is 20.9. The highest BCUT2D eigenvalue weighted by molar-refractivity contribution is 6.61. The smallest absolute Gasteiger partial charge is 0.394 e. The van der Waals surface area contributed by atoms with Gasteiger partial charge in [0.25, 0.3) is 0 Å². The van der Waals surface area contributed by atoms with Crippen molar-refractivity contribution >= 4 is 34.1 Å². The van der Waals surface area contributed by atoms with E-state index in [9.17, 15) is 14.7 Å². The number of hydrogen-bond acceptors (Lipinski definition) is 8. The average molecular weight is 307 g/mol. The Morgan fingerprint density at radius 3 is 1.94 bits per heavy atom. The molecule has 0 aliphatic heterocycles. The van der Waals surface area contributed by atoms with Crippen LogP contribution in [0.1, 0.15) is 0 Å². The molecular weight excluding hydrogens is 295 g/mol. The zero-order chi connectivity index (χ0) is 14.0. The zero-order valence-electron chi connectivity index (χ0n) is 9.14. The summed E-state index contributed by atoms with van der Waals surface area (Å²) in [7, 11) is 0. The van der Waals surface area contributed by atoms with Crippen molar-refractivity contribution < 1.29 is 38.7 Å². The molecule has 0 aliphatic carbocycles. The SMILES string of the molecule is O=C(Cl)OC(O)(COCCOCCO)OC(=O)Cl. The van der Waals surface area contributed by atoms with E-state index in [2.05, 4.69) is 9.47 Å². The molecule has 0 unspecified atom stereocenters. The van der Waals surface area contributed by atoms with Crippen LogP contribution in [0.2, 0.25) is 0 Å². The Kier molecular flexibility index (Phi) is 8.98. The van der Waals surface area contributed by atoms with E-state index in [0.29, 0.717) is 0 Å². The third kappa shape index (κ3) is 9.40. The summed E-state index contributed by atoms with van der Waals surface area (Å²) in [5.41, 5.74) is -2.81. The van der Waals surface area contributed by atoms with Crippen molar-refractivity contribution in [1.29, 1.82) is 0 Å². The Morgan fingerprint density at radius 1 is 1.00 bits per heavy atom. The largest absolute Gasteiger partial charge is 0.408 e. The van der Waals surface area contributed by atoms with Crippen molar-refractivity contribution in [2.45, 2.75) is 5.97 Å². The Bertz CT molecular complexity index is 256. The molecule has 0 saturated heterocycles. The number of carbonyl (C=O) groups is 2. The van der Waals surface area contributed by atoms with Crippen molar-refractivity contribution in [3.05, 3.63) is 0 Å². The molecule has 0 saturated carbocycles. The van der Waals surface area contributed by atoms with Crippen molar-refractivity contribution in [2.75, 3.05) is 33.0 Å². The van der Waals surface area contributed by atoms with Crippen LogP contribution in [0.25, 0.3) is 0 Å². The second-order valence-electron chi connectivity index (χ2n) is 2.78. The molecule has 0 atom stereocenters. The van der Waals surface area contributed by atoms with Crippen LogP contribution in [0.4, 0.5) is 9.59 Å². The van der Waals surface area contributed by atoms with Gasteiger partial charge in [-0.25, -0.2) is 9.59 Å². The molecule has 0 spiro atoms. The van der Waals surface area contributed by atoms with Gasteiger partial charge in [-0.15, -0.1) is 0 Å². The standard InChI is InChI=1S/C8H12Cl2O8/c9-6(12)17-8(14,18-7(10)13)5-16-4-3-15-2-1-11/h11,14H,1-5H2. The minimum atomic E-state index is -2.70. The number of rotatable bonds is 9. The Hall–Kier alpha value is -0.640. The maximum atomic E-state index is 10.5. The van der Waals surface area contributed by atoms with E-state index in [1.54, 1.807) is 0 Å². The molecule has 2 N–H and O–H groups in total. The molecule has 0 aromatic heterocycles. The number of aliphatic hydroxyl groups is 2.